The maximum Gasteiger partial charge on any atom is 0.323 e. The van der Waals surface area contributed by atoms with Crippen LogP contribution in [0, 0.1) is 0 Å². The van der Waals surface area contributed by atoms with Crippen molar-refractivity contribution in [2.75, 3.05) is 17.4 Å². The third-order valence-electron chi connectivity index (χ3n) is 4.28. The first-order valence-electron chi connectivity index (χ1n) is 9.02. The van der Waals surface area contributed by atoms with Crippen molar-refractivity contribution in [1.82, 2.24) is 0 Å². The largest absolute Gasteiger partial charge is 0.454 e. The molecule has 0 bridgehead atoms. The molecule has 3 aromatic rings. The molecule has 0 unspecified atom stereocenters. The van der Waals surface area contributed by atoms with Gasteiger partial charge in [-0.05, 0) is 60.2 Å². The van der Waals surface area contributed by atoms with Crippen LogP contribution in [0.3, 0.4) is 0 Å². The number of rotatable bonds is 5. The third kappa shape index (κ3) is 4.62. The van der Waals surface area contributed by atoms with E-state index < -0.39 is 0 Å². The molecule has 1 aliphatic rings. The number of urea groups is 1. The van der Waals surface area contributed by atoms with E-state index >= 15 is 0 Å². The van der Waals surface area contributed by atoms with Gasteiger partial charge >= 0.3 is 6.03 Å². The monoisotopic (exact) mass is 386 g/mol. The highest BCUT2D eigenvalue weighted by Gasteiger charge is 2.12. The first-order valence-corrected chi connectivity index (χ1v) is 9.02. The molecule has 0 saturated heterocycles. The van der Waals surface area contributed by atoms with Crippen molar-refractivity contribution in [2.24, 2.45) is 0 Å². The van der Waals surface area contributed by atoms with Gasteiger partial charge in [-0.3, -0.25) is 4.79 Å². The normalized spacial score (nSPS) is 12.0. The lowest BCUT2D eigenvalue weighted by atomic mass is 10.1. The van der Waals surface area contributed by atoms with E-state index in [1.165, 1.54) is 6.08 Å². The van der Waals surface area contributed by atoms with E-state index in [1.54, 1.807) is 42.5 Å². The molecule has 1 aliphatic heterocycles. The fourth-order valence-electron chi connectivity index (χ4n) is 2.82. The Morgan fingerprint density at radius 3 is 2.24 bits per heavy atom. The number of benzene rings is 3. The fraction of sp³-hybridized carbons (Fsp3) is 0.0435. The van der Waals surface area contributed by atoms with Crippen LogP contribution in [0.5, 0.6) is 11.5 Å². The molecular weight excluding hydrogens is 368 g/mol. The molecule has 4 rings (SSSR count). The molecule has 6 nitrogen and oxygen atoms in total. The van der Waals surface area contributed by atoms with Crippen LogP contribution < -0.4 is 20.1 Å². The van der Waals surface area contributed by atoms with Crippen molar-refractivity contribution in [2.45, 2.75) is 0 Å². The van der Waals surface area contributed by atoms with Crippen LogP contribution in [-0.4, -0.2) is 18.6 Å². The molecule has 2 amide bonds. The van der Waals surface area contributed by atoms with Gasteiger partial charge in [0.1, 0.15) is 0 Å². The standard InChI is InChI=1S/C23H18N2O4/c26-20(12-6-16-7-13-21-22(14-16)29-15-28-21)17-8-10-19(11-9-17)25-23(27)24-18-4-2-1-3-5-18/h1-14H,15H2,(H2,24,25,27)/b12-6+. The number of allylic oxidation sites excluding steroid dienone is 1. The lowest BCUT2D eigenvalue weighted by Crippen LogP contribution is -2.19. The number of amides is 2. The van der Waals surface area contributed by atoms with Gasteiger partial charge in [0.05, 0.1) is 0 Å². The molecule has 0 radical (unpaired) electrons. The van der Waals surface area contributed by atoms with Crippen molar-refractivity contribution in [1.29, 1.82) is 0 Å². The molecule has 0 aliphatic carbocycles. The van der Waals surface area contributed by atoms with Crippen molar-refractivity contribution in [3.05, 3.63) is 90.0 Å². The number of hydrogen-bond donors (Lipinski definition) is 2. The van der Waals surface area contributed by atoms with Crippen LogP contribution in [0.25, 0.3) is 6.08 Å². The fourth-order valence-corrected chi connectivity index (χ4v) is 2.82. The van der Waals surface area contributed by atoms with Gasteiger partial charge in [0, 0.05) is 16.9 Å². The predicted molar refractivity (Wildman–Crippen MR) is 111 cm³/mol. The first-order chi connectivity index (χ1) is 14.2. The molecule has 3 aromatic carbocycles. The number of ketones is 1. The number of fused-ring (bicyclic) bond motifs is 1. The molecule has 2 N–H and O–H groups in total. The van der Waals surface area contributed by atoms with E-state index in [2.05, 4.69) is 10.6 Å². The van der Waals surface area contributed by atoms with Crippen LogP contribution in [-0.2, 0) is 0 Å². The highest BCUT2D eigenvalue weighted by atomic mass is 16.7. The minimum Gasteiger partial charge on any atom is -0.454 e. The van der Waals surface area contributed by atoms with Crippen LogP contribution in [0.15, 0.2) is 78.9 Å². The van der Waals surface area contributed by atoms with Gasteiger partial charge in [-0.1, -0.05) is 30.3 Å². The second-order valence-electron chi connectivity index (χ2n) is 6.33. The second kappa shape index (κ2) is 8.31. The van der Waals surface area contributed by atoms with Gasteiger partial charge in [0.2, 0.25) is 6.79 Å². The van der Waals surface area contributed by atoms with Gasteiger partial charge in [0.25, 0.3) is 0 Å². The number of anilines is 2. The van der Waals surface area contributed by atoms with Crippen molar-refractivity contribution < 1.29 is 19.1 Å². The van der Waals surface area contributed by atoms with Crippen molar-refractivity contribution >= 4 is 29.3 Å². The Morgan fingerprint density at radius 2 is 1.48 bits per heavy atom. The SMILES string of the molecule is O=C(Nc1ccccc1)Nc1ccc(C(=O)/C=C/c2ccc3c(c2)OCO3)cc1. The van der Waals surface area contributed by atoms with E-state index in [9.17, 15) is 9.59 Å². The summed E-state index contributed by atoms with van der Waals surface area (Å²) >= 11 is 0. The smallest absolute Gasteiger partial charge is 0.323 e. The van der Waals surface area contributed by atoms with Gasteiger partial charge < -0.3 is 20.1 Å². The summed E-state index contributed by atoms with van der Waals surface area (Å²) in [6.45, 7) is 0.213. The minimum atomic E-state index is -0.349. The molecule has 6 heteroatoms. The van der Waals surface area contributed by atoms with E-state index in [-0.39, 0.29) is 18.6 Å². The molecule has 0 fully saturated rings. The van der Waals surface area contributed by atoms with Gasteiger partial charge in [-0.2, -0.15) is 0 Å². The summed E-state index contributed by atoms with van der Waals surface area (Å²) in [7, 11) is 0. The molecule has 0 aromatic heterocycles. The number of nitrogens with one attached hydrogen (secondary N) is 2. The van der Waals surface area contributed by atoms with Gasteiger partial charge in [-0.15, -0.1) is 0 Å². The van der Waals surface area contributed by atoms with Crippen molar-refractivity contribution in [3.8, 4) is 11.5 Å². The number of para-hydroxylation sites is 1. The molecule has 144 valence electrons. The van der Waals surface area contributed by atoms with Gasteiger partial charge in [0.15, 0.2) is 17.3 Å². The summed E-state index contributed by atoms with van der Waals surface area (Å²) < 4.78 is 10.6. The number of hydrogen-bond acceptors (Lipinski definition) is 4. The Balaban J connectivity index is 1.35. The average Bonchev–Trinajstić information content (AvgIpc) is 3.21. The zero-order valence-electron chi connectivity index (χ0n) is 15.4. The Kier molecular flexibility index (Phi) is 5.25. The zero-order chi connectivity index (χ0) is 20.1. The third-order valence-corrected chi connectivity index (χ3v) is 4.28. The average molecular weight is 386 g/mol. The summed E-state index contributed by atoms with van der Waals surface area (Å²) in [6.07, 6.45) is 3.23. The first kappa shape index (κ1) is 18.3. The van der Waals surface area contributed by atoms with Crippen LogP contribution >= 0.6 is 0 Å². The maximum absolute atomic E-state index is 12.4. The highest BCUT2D eigenvalue weighted by molar-refractivity contribution is 6.07. The van der Waals surface area contributed by atoms with Crippen LogP contribution in [0.2, 0.25) is 0 Å². The Bertz CT molecular complexity index is 1060. The van der Waals surface area contributed by atoms with Crippen LogP contribution in [0.4, 0.5) is 16.2 Å². The Hall–Kier alpha value is -4.06. The molecular formula is C23H18N2O4. The van der Waals surface area contributed by atoms with E-state index in [4.69, 9.17) is 9.47 Å². The molecule has 0 spiro atoms. The summed E-state index contributed by atoms with van der Waals surface area (Å²) in [6, 6.07) is 21.0. The number of ether oxygens (including phenoxy) is 2. The van der Waals surface area contributed by atoms with E-state index in [0.29, 0.717) is 28.4 Å². The van der Waals surface area contributed by atoms with Crippen molar-refractivity contribution in [3.63, 3.8) is 0 Å². The lowest BCUT2D eigenvalue weighted by molar-refractivity contribution is 0.104. The summed E-state index contributed by atoms with van der Waals surface area (Å²) in [4.78, 5) is 24.4. The summed E-state index contributed by atoms with van der Waals surface area (Å²) in [5.41, 5.74) is 2.66. The zero-order valence-corrected chi connectivity index (χ0v) is 15.4. The Morgan fingerprint density at radius 1 is 0.793 bits per heavy atom. The molecule has 1 heterocycles. The molecule has 0 atom stereocenters. The minimum absolute atomic E-state index is 0.136. The summed E-state index contributed by atoms with van der Waals surface area (Å²) in [5.74, 6) is 1.24. The number of carbonyl (C=O) groups excluding carboxylic acids is 2. The second-order valence-corrected chi connectivity index (χ2v) is 6.33. The van der Waals surface area contributed by atoms with E-state index in [1.807, 2.05) is 36.4 Å². The Labute approximate surface area is 167 Å². The predicted octanol–water partition coefficient (Wildman–Crippen LogP) is 4.96. The summed E-state index contributed by atoms with van der Waals surface area (Å²) in [5, 5.41) is 5.47. The lowest BCUT2D eigenvalue weighted by Gasteiger charge is -2.07. The van der Waals surface area contributed by atoms with E-state index in [0.717, 1.165) is 5.56 Å². The highest BCUT2D eigenvalue weighted by Crippen LogP contribution is 2.32. The quantitative estimate of drug-likeness (QED) is 0.480. The van der Waals surface area contributed by atoms with Gasteiger partial charge in [-0.25, -0.2) is 4.79 Å². The topological polar surface area (TPSA) is 76.7 Å². The molecule has 0 saturated carbocycles. The maximum atomic E-state index is 12.4. The molecule has 29 heavy (non-hydrogen) atoms. The van der Waals surface area contributed by atoms with Crippen LogP contribution in [0.1, 0.15) is 15.9 Å². The number of carbonyl (C=O) groups is 2.